The molecular weight excluding hydrogens is 379 g/mol. The monoisotopic (exact) mass is 403 g/mol. The predicted molar refractivity (Wildman–Crippen MR) is 102 cm³/mol. The maximum Gasteiger partial charge on any atom is 0.267 e. The van der Waals surface area contributed by atoms with Gasteiger partial charge in [-0.25, -0.2) is 18.2 Å². The molecule has 0 amide bonds. The van der Waals surface area contributed by atoms with Crippen molar-refractivity contribution in [1.29, 1.82) is 0 Å². The van der Waals surface area contributed by atoms with Gasteiger partial charge >= 0.3 is 0 Å². The molecule has 0 saturated heterocycles. The van der Waals surface area contributed by atoms with Crippen LogP contribution in [-0.2, 0) is 0 Å². The molecule has 0 fully saturated rings. The zero-order valence-corrected chi connectivity index (χ0v) is 16.6. The van der Waals surface area contributed by atoms with Crippen molar-refractivity contribution in [3.8, 4) is 17.0 Å². The number of hydrogen-bond acceptors (Lipinski definition) is 4. The van der Waals surface area contributed by atoms with Crippen molar-refractivity contribution in [2.24, 2.45) is 11.7 Å². The van der Waals surface area contributed by atoms with Crippen LogP contribution in [0.2, 0.25) is 5.15 Å². The Balaban J connectivity index is 0.00000176. The summed E-state index contributed by atoms with van der Waals surface area (Å²) in [6.07, 6.45) is 0.321. The number of aromatic nitrogens is 2. The van der Waals surface area contributed by atoms with Crippen molar-refractivity contribution in [1.82, 2.24) is 9.97 Å². The van der Waals surface area contributed by atoms with Crippen molar-refractivity contribution in [3.05, 3.63) is 41.1 Å². The summed E-state index contributed by atoms with van der Waals surface area (Å²) >= 11 is 5.62. The molecule has 8 heteroatoms. The molecule has 2 N–H and O–H groups in total. The van der Waals surface area contributed by atoms with Gasteiger partial charge in [0.1, 0.15) is 12.4 Å². The van der Waals surface area contributed by atoms with Crippen LogP contribution in [0.3, 0.4) is 0 Å². The van der Waals surface area contributed by atoms with E-state index >= 15 is 0 Å². The molecule has 0 aromatic carbocycles. The minimum atomic E-state index is -2.81. The minimum Gasteiger partial charge on any atom is -0.490 e. The van der Waals surface area contributed by atoms with Crippen LogP contribution in [0.1, 0.15) is 46.1 Å². The molecule has 0 radical (unpaired) electrons. The number of hydrogen-bond donors (Lipinski definition) is 1. The van der Waals surface area contributed by atoms with Gasteiger partial charge in [-0.2, -0.15) is 0 Å². The first-order valence-electron chi connectivity index (χ1n) is 8.76. The summed E-state index contributed by atoms with van der Waals surface area (Å²) in [4.78, 5) is 7.60. The Bertz CT molecular complexity index is 729. The summed E-state index contributed by atoms with van der Waals surface area (Å²) in [6.45, 7) is 8.11. The van der Waals surface area contributed by atoms with Crippen molar-refractivity contribution >= 4 is 11.6 Å². The third kappa shape index (κ3) is 6.66. The number of nitrogens with two attached hydrogens (primary N) is 1. The van der Waals surface area contributed by atoms with Crippen LogP contribution < -0.4 is 10.5 Å². The summed E-state index contributed by atoms with van der Waals surface area (Å²) in [6, 6.07) is 2.13. The fourth-order valence-electron chi connectivity index (χ4n) is 2.38. The van der Waals surface area contributed by atoms with Gasteiger partial charge in [-0.1, -0.05) is 39.3 Å². The largest absolute Gasteiger partial charge is 0.490 e. The second kappa shape index (κ2) is 11.1. The highest BCUT2D eigenvalue weighted by Crippen LogP contribution is 2.33. The quantitative estimate of drug-likeness (QED) is 0.606. The zero-order valence-electron chi connectivity index (χ0n) is 15.8. The summed E-state index contributed by atoms with van der Waals surface area (Å²) in [5, 5.41) is -0.349. The van der Waals surface area contributed by atoms with Crippen molar-refractivity contribution in [3.63, 3.8) is 0 Å². The second-order valence-corrected chi connectivity index (χ2v) is 6.43. The van der Waals surface area contributed by atoms with Gasteiger partial charge in [-0.05, 0) is 24.5 Å². The Morgan fingerprint density at radius 3 is 2.48 bits per heavy atom. The van der Waals surface area contributed by atoms with Gasteiger partial charge in [0.25, 0.3) is 6.43 Å². The van der Waals surface area contributed by atoms with Crippen LogP contribution >= 0.6 is 11.6 Å². The second-order valence-electron chi connectivity index (χ2n) is 6.07. The van der Waals surface area contributed by atoms with Crippen LogP contribution in [0.15, 0.2) is 24.5 Å². The van der Waals surface area contributed by atoms with Crippen LogP contribution in [0.4, 0.5) is 13.2 Å². The van der Waals surface area contributed by atoms with Gasteiger partial charge < -0.3 is 10.5 Å². The number of halogens is 4. The van der Waals surface area contributed by atoms with E-state index in [1.165, 1.54) is 12.3 Å². The van der Waals surface area contributed by atoms with E-state index in [4.69, 9.17) is 22.1 Å². The average Bonchev–Trinajstić information content (AvgIpc) is 2.63. The van der Waals surface area contributed by atoms with Crippen molar-refractivity contribution in [2.75, 3.05) is 6.61 Å². The van der Waals surface area contributed by atoms with E-state index in [1.807, 2.05) is 27.7 Å². The SMILES string of the molecule is CC.CC(C)CC(N)COc1cnc(-c2ccnc(Cl)c2F)cc1C(F)F. The lowest BCUT2D eigenvalue weighted by Crippen LogP contribution is -2.29. The molecule has 0 aliphatic carbocycles. The summed E-state index contributed by atoms with van der Waals surface area (Å²) < 4.78 is 46.2. The van der Waals surface area contributed by atoms with E-state index in [0.717, 1.165) is 12.3 Å². The molecule has 0 aliphatic rings. The molecular formula is C19H25ClF3N3O. The molecule has 1 atom stereocenters. The van der Waals surface area contributed by atoms with Gasteiger partial charge in [-0.15, -0.1) is 0 Å². The molecule has 2 heterocycles. The maximum atomic E-state index is 14.0. The fraction of sp³-hybridized carbons (Fsp3) is 0.474. The van der Waals surface area contributed by atoms with E-state index in [2.05, 4.69) is 9.97 Å². The van der Waals surface area contributed by atoms with Crippen LogP contribution in [-0.4, -0.2) is 22.6 Å². The fourth-order valence-corrected chi connectivity index (χ4v) is 2.54. The molecule has 1 unspecified atom stereocenters. The third-order valence-electron chi connectivity index (χ3n) is 3.48. The van der Waals surface area contributed by atoms with Crippen LogP contribution in [0.25, 0.3) is 11.3 Å². The first-order valence-corrected chi connectivity index (χ1v) is 9.14. The number of alkyl halides is 2. The molecule has 0 saturated carbocycles. The first-order chi connectivity index (χ1) is 12.8. The highest BCUT2D eigenvalue weighted by Gasteiger charge is 2.19. The lowest BCUT2D eigenvalue weighted by Gasteiger charge is -2.17. The van der Waals surface area contributed by atoms with Crippen molar-refractivity contribution < 1.29 is 17.9 Å². The molecule has 0 aliphatic heterocycles. The Hall–Kier alpha value is -1.86. The van der Waals surface area contributed by atoms with Gasteiger partial charge in [0, 0.05) is 17.8 Å². The molecule has 4 nitrogen and oxygen atoms in total. The Morgan fingerprint density at radius 1 is 1.22 bits per heavy atom. The molecule has 27 heavy (non-hydrogen) atoms. The lowest BCUT2D eigenvalue weighted by molar-refractivity contribution is 0.143. The van der Waals surface area contributed by atoms with Crippen LogP contribution in [0.5, 0.6) is 5.75 Å². The summed E-state index contributed by atoms with van der Waals surface area (Å²) in [5.74, 6) is -0.517. The normalized spacial score (nSPS) is 12.0. The van der Waals surface area contributed by atoms with Gasteiger partial charge in [-0.3, -0.25) is 4.98 Å². The zero-order chi connectivity index (χ0) is 20.6. The molecule has 2 aromatic heterocycles. The topological polar surface area (TPSA) is 61.0 Å². The highest BCUT2D eigenvalue weighted by molar-refractivity contribution is 6.29. The molecule has 0 bridgehead atoms. The molecule has 0 spiro atoms. The predicted octanol–water partition coefficient (Wildman–Crippen LogP) is 5.65. The van der Waals surface area contributed by atoms with E-state index in [9.17, 15) is 13.2 Å². The molecule has 150 valence electrons. The minimum absolute atomic E-state index is 0.00930. The summed E-state index contributed by atoms with van der Waals surface area (Å²) in [7, 11) is 0. The standard InChI is InChI=1S/C17H19ClF3N3O.C2H6/c1-9(2)5-10(22)8-25-14-7-24-13(6-12(14)17(20)21)11-3-4-23-16(18)15(11)19;1-2/h3-4,6-7,9-10,17H,5,8,22H2,1-2H3;1-2H3. The van der Waals surface area contributed by atoms with E-state index < -0.39 is 12.2 Å². The Labute approximate surface area is 162 Å². The number of rotatable bonds is 7. The summed E-state index contributed by atoms with van der Waals surface area (Å²) in [5.41, 5.74) is 5.54. The Kier molecular flexibility index (Phi) is 9.52. The number of nitrogens with zero attached hydrogens (tertiary/aromatic N) is 2. The van der Waals surface area contributed by atoms with Crippen LogP contribution in [0, 0.1) is 11.7 Å². The Morgan fingerprint density at radius 2 is 1.89 bits per heavy atom. The van der Waals surface area contributed by atoms with E-state index in [0.29, 0.717) is 12.3 Å². The lowest BCUT2D eigenvalue weighted by atomic mass is 10.1. The van der Waals surface area contributed by atoms with E-state index in [1.54, 1.807) is 0 Å². The van der Waals surface area contributed by atoms with Gasteiger partial charge in [0.15, 0.2) is 11.0 Å². The number of pyridine rings is 2. The number of ether oxygens (including phenoxy) is 1. The third-order valence-corrected chi connectivity index (χ3v) is 3.75. The molecule has 2 rings (SSSR count). The highest BCUT2D eigenvalue weighted by atomic mass is 35.5. The molecule has 2 aromatic rings. The first kappa shape index (κ1) is 23.2. The van der Waals surface area contributed by atoms with E-state index in [-0.39, 0.29) is 40.4 Å². The van der Waals surface area contributed by atoms with Gasteiger partial charge in [0.05, 0.1) is 17.5 Å². The van der Waals surface area contributed by atoms with Gasteiger partial charge in [0.2, 0.25) is 0 Å². The average molecular weight is 404 g/mol. The smallest absolute Gasteiger partial charge is 0.267 e. The maximum absolute atomic E-state index is 14.0. The van der Waals surface area contributed by atoms with Crippen molar-refractivity contribution in [2.45, 2.75) is 46.6 Å².